The zero-order valence-electron chi connectivity index (χ0n) is 13.1. The van der Waals surface area contributed by atoms with Crippen molar-refractivity contribution in [1.82, 2.24) is 10.5 Å². The van der Waals surface area contributed by atoms with Gasteiger partial charge in [0, 0.05) is 35.8 Å². The van der Waals surface area contributed by atoms with Crippen molar-refractivity contribution in [2.24, 2.45) is 5.92 Å². The predicted molar refractivity (Wildman–Crippen MR) is 94.2 cm³/mol. The third kappa shape index (κ3) is 7.99. The molecule has 21 heavy (non-hydrogen) atoms. The first-order valence-corrected chi connectivity index (χ1v) is 7.29. The number of hydrogen-bond acceptors (Lipinski definition) is 5. The Morgan fingerprint density at radius 3 is 2.57 bits per heavy atom. The molecule has 0 aromatic carbocycles. The summed E-state index contributed by atoms with van der Waals surface area (Å²) in [5, 5.41) is 15.6. The number of nitrogens with one attached hydrogen (secondary N) is 1. The second kappa shape index (κ2) is 13.8. The van der Waals surface area contributed by atoms with E-state index in [1.807, 2.05) is 20.0 Å². The van der Waals surface area contributed by atoms with Crippen LogP contribution >= 0.6 is 0 Å². The molecule has 1 saturated heterocycles. The monoisotopic (exact) mass is 303 g/mol. The van der Waals surface area contributed by atoms with Gasteiger partial charge in [0.25, 0.3) is 0 Å². The SMILES string of the molecule is C.CC.CO.Cc1ccc(N2CCC(CCNO)C2)nc1.[HH].[HH]. The van der Waals surface area contributed by atoms with E-state index < -0.39 is 0 Å². The van der Waals surface area contributed by atoms with Crippen LogP contribution in [0.2, 0.25) is 0 Å². The minimum absolute atomic E-state index is 0. The number of rotatable bonds is 4. The van der Waals surface area contributed by atoms with E-state index in [4.69, 9.17) is 10.3 Å². The van der Waals surface area contributed by atoms with Gasteiger partial charge >= 0.3 is 0 Å². The van der Waals surface area contributed by atoms with E-state index in [0.29, 0.717) is 12.5 Å². The smallest absolute Gasteiger partial charge is 0.128 e. The molecule has 5 nitrogen and oxygen atoms in total. The molecule has 2 rings (SSSR count). The Balaban J connectivity index is -0.000000240. The number of anilines is 1. The molecule has 1 aliphatic heterocycles. The molecule has 2 heterocycles. The maximum Gasteiger partial charge on any atom is 0.128 e. The molecule has 5 heteroatoms. The van der Waals surface area contributed by atoms with Gasteiger partial charge in [0.15, 0.2) is 0 Å². The Kier molecular flexibility index (Phi) is 14.5. The maximum absolute atomic E-state index is 8.56. The van der Waals surface area contributed by atoms with Crippen molar-refractivity contribution in [3.05, 3.63) is 23.9 Å². The molecule has 0 spiro atoms. The fourth-order valence-corrected chi connectivity index (χ4v) is 2.19. The molecule has 1 aromatic rings. The highest BCUT2D eigenvalue weighted by Crippen LogP contribution is 2.23. The summed E-state index contributed by atoms with van der Waals surface area (Å²) in [7, 11) is 1.00. The fraction of sp³-hybridized carbons (Fsp3) is 0.688. The summed E-state index contributed by atoms with van der Waals surface area (Å²) in [6.45, 7) is 8.86. The fourth-order valence-electron chi connectivity index (χ4n) is 2.19. The van der Waals surface area contributed by atoms with Crippen LogP contribution in [-0.2, 0) is 0 Å². The summed E-state index contributed by atoms with van der Waals surface area (Å²) in [4.78, 5) is 6.76. The molecule has 1 atom stereocenters. The standard InChI is InChI=1S/C12H19N3O.C2H6.CH4O.CH4.2H2/c1-10-2-3-12(13-8-10)15-7-5-11(9-15)4-6-14-16;2*1-2;;;/h2-3,8,11,14,16H,4-7,9H2,1H3;1-2H3;2H,1H3;1H4;2*1H. The zero-order valence-corrected chi connectivity index (χ0v) is 13.1. The van der Waals surface area contributed by atoms with Crippen molar-refractivity contribution in [2.45, 2.75) is 41.0 Å². The number of aliphatic hydroxyl groups is 1. The van der Waals surface area contributed by atoms with Crippen molar-refractivity contribution in [2.75, 3.05) is 31.6 Å². The van der Waals surface area contributed by atoms with Gasteiger partial charge < -0.3 is 15.2 Å². The first-order chi connectivity index (χ1) is 9.79. The number of pyridine rings is 1. The predicted octanol–water partition coefficient (Wildman–Crippen LogP) is 3.35. The van der Waals surface area contributed by atoms with E-state index in [1.54, 1.807) is 0 Å². The summed E-state index contributed by atoms with van der Waals surface area (Å²) < 4.78 is 0. The van der Waals surface area contributed by atoms with E-state index in [1.165, 1.54) is 12.0 Å². The van der Waals surface area contributed by atoms with E-state index in [2.05, 4.69) is 34.4 Å². The van der Waals surface area contributed by atoms with Gasteiger partial charge in [-0.25, -0.2) is 10.5 Å². The van der Waals surface area contributed by atoms with Gasteiger partial charge in [-0.2, -0.15) is 0 Å². The van der Waals surface area contributed by atoms with Gasteiger partial charge in [0.2, 0.25) is 0 Å². The summed E-state index contributed by atoms with van der Waals surface area (Å²) >= 11 is 0. The summed E-state index contributed by atoms with van der Waals surface area (Å²) in [5.74, 6) is 1.74. The normalized spacial score (nSPS) is 16.1. The Bertz CT molecular complexity index is 341. The molecule has 1 fully saturated rings. The lowest BCUT2D eigenvalue weighted by atomic mass is 10.1. The molecular formula is C16H37N3O2. The van der Waals surface area contributed by atoms with Crippen LogP contribution in [0.25, 0.3) is 0 Å². The minimum atomic E-state index is 0. The third-order valence-corrected chi connectivity index (χ3v) is 3.17. The van der Waals surface area contributed by atoms with Crippen molar-refractivity contribution < 1.29 is 13.2 Å². The van der Waals surface area contributed by atoms with Crippen molar-refractivity contribution in [3.63, 3.8) is 0 Å². The van der Waals surface area contributed by atoms with Crippen LogP contribution < -0.4 is 10.4 Å². The molecule has 1 unspecified atom stereocenters. The van der Waals surface area contributed by atoms with Crippen LogP contribution in [0.3, 0.4) is 0 Å². The molecule has 0 saturated carbocycles. The molecule has 1 aromatic heterocycles. The van der Waals surface area contributed by atoms with Gasteiger partial charge in [-0.05, 0) is 37.3 Å². The maximum atomic E-state index is 8.56. The minimum Gasteiger partial charge on any atom is -0.400 e. The van der Waals surface area contributed by atoms with Crippen molar-refractivity contribution >= 4 is 5.82 Å². The third-order valence-electron chi connectivity index (χ3n) is 3.17. The van der Waals surface area contributed by atoms with Crippen LogP contribution in [0.5, 0.6) is 0 Å². The lowest BCUT2D eigenvalue weighted by Crippen LogP contribution is -2.22. The first-order valence-electron chi connectivity index (χ1n) is 7.29. The average Bonchev–Trinajstić information content (AvgIpc) is 2.99. The van der Waals surface area contributed by atoms with Gasteiger partial charge in [0.05, 0.1) is 0 Å². The first kappa shape index (κ1) is 22.1. The largest absolute Gasteiger partial charge is 0.400 e. The van der Waals surface area contributed by atoms with E-state index in [0.717, 1.165) is 32.4 Å². The molecule has 0 radical (unpaired) electrons. The number of aryl methyl sites for hydroxylation is 1. The van der Waals surface area contributed by atoms with Crippen LogP contribution in [0.4, 0.5) is 5.82 Å². The van der Waals surface area contributed by atoms with Crippen LogP contribution in [0, 0.1) is 12.8 Å². The number of aliphatic hydroxyl groups excluding tert-OH is 1. The van der Waals surface area contributed by atoms with Gasteiger partial charge in [-0.3, -0.25) is 0 Å². The Morgan fingerprint density at radius 1 is 1.38 bits per heavy atom. The second-order valence-corrected chi connectivity index (χ2v) is 4.49. The van der Waals surface area contributed by atoms with Crippen molar-refractivity contribution in [3.8, 4) is 0 Å². The summed E-state index contributed by atoms with van der Waals surface area (Å²) in [6.07, 6.45) is 4.13. The Hall–Kier alpha value is -1.17. The number of nitrogens with zero attached hydrogens (tertiary/aromatic N) is 2. The van der Waals surface area contributed by atoms with E-state index >= 15 is 0 Å². The number of hydroxylamine groups is 1. The van der Waals surface area contributed by atoms with Crippen LogP contribution in [-0.4, -0.2) is 42.0 Å². The lowest BCUT2D eigenvalue weighted by molar-refractivity contribution is 0.160. The highest BCUT2D eigenvalue weighted by molar-refractivity contribution is 5.40. The number of hydrogen-bond donors (Lipinski definition) is 3. The second-order valence-electron chi connectivity index (χ2n) is 4.49. The Labute approximate surface area is 132 Å². The molecule has 3 N–H and O–H groups in total. The van der Waals surface area contributed by atoms with E-state index in [-0.39, 0.29) is 10.3 Å². The molecule has 1 aliphatic rings. The topological polar surface area (TPSA) is 68.6 Å². The van der Waals surface area contributed by atoms with Gasteiger partial charge in [-0.15, -0.1) is 0 Å². The summed E-state index contributed by atoms with van der Waals surface area (Å²) in [6, 6.07) is 4.19. The van der Waals surface area contributed by atoms with Crippen LogP contribution in [0.1, 0.15) is 42.5 Å². The van der Waals surface area contributed by atoms with Gasteiger partial charge in [-0.1, -0.05) is 27.3 Å². The average molecular weight is 303 g/mol. The number of aromatic nitrogens is 1. The van der Waals surface area contributed by atoms with E-state index in [9.17, 15) is 0 Å². The summed E-state index contributed by atoms with van der Waals surface area (Å²) in [5.41, 5.74) is 3.42. The van der Waals surface area contributed by atoms with Crippen molar-refractivity contribution in [1.29, 1.82) is 0 Å². The quantitative estimate of drug-likeness (QED) is 0.744. The molecule has 0 amide bonds. The lowest BCUT2D eigenvalue weighted by Gasteiger charge is -2.17. The van der Waals surface area contributed by atoms with Gasteiger partial charge in [0.1, 0.15) is 5.82 Å². The zero-order chi connectivity index (χ0) is 15.4. The molecular weight excluding hydrogens is 266 g/mol. The highest BCUT2D eigenvalue weighted by atomic mass is 16.5. The van der Waals surface area contributed by atoms with Crippen LogP contribution in [0.15, 0.2) is 18.3 Å². The highest BCUT2D eigenvalue weighted by Gasteiger charge is 2.22. The Morgan fingerprint density at radius 2 is 2.05 bits per heavy atom. The molecule has 0 aliphatic carbocycles. The molecule has 128 valence electrons. The molecule has 0 bridgehead atoms.